The lowest BCUT2D eigenvalue weighted by Gasteiger charge is -2.53. The lowest BCUT2D eigenvalue weighted by molar-refractivity contribution is -0.166. The van der Waals surface area contributed by atoms with E-state index in [0.717, 1.165) is 5.56 Å². The highest BCUT2D eigenvalue weighted by molar-refractivity contribution is 7.89. The predicted molar refractivity (Wildman–Crippen MR) is 86.0 cm³/mol. The normalized spacial score (nSPS) is 20.9. The Bertz CT molecular complexity index is 873. The maximum atomic E-state index is 13.2. The van der Waals surface area contributed by atoms with Crippen molar-refractivity contribution in [3.8, 4) is 0 Å². The number of fused-ring (bicyclic) bond motifs is 1. The maximum Gasteiger partial charge on any atom is 0.261 e. The van der Waals surface area contributed by atoms with Gasteiger partial charge in [-0.3, -0.25) is 4.40 Å². The number of nitrogens with zero attached hydrogens (tertiary/aromatic N) is 3. The molecule has 1 spiro atoms. The number of sulfonamides is 1. The highest BCUT2D eigenvalue weighted by Gasteiger charge is 2.54. The van der Waals surface area contributed by atoms with Crippen LogP contribution >= 0.6 is 0 Å². The van der Waals surface area contributed by atoms with Crippen LogP contribution in [-0.2, 0) is 14.8 Å². The summed E-state index contributed by atoms with van der Waals surface area (Å²) >= 11 is 0. The second-order valence-corrected chi connectivity index (χ2v) is 9.01. The Morgan fingerprint density at radius 3 is 2.52 bits per heavy atom. The fraction of sp³-hybridized carbons (Fsp3) is 0.562. The number of ether oxygens (including phenoxy) is 1. The molecular weight excluding hydrogens is 314 g/mol. The summed E-state index contributed by atoms with van der Waals surface area (Å²) in [6.45, 7) is 8.34. The number of imidazole rings is 1. The van der Waals surface area contributed by atoms with Crippen LogP contribution in [0.15, 0.2) is 23.4 Å². The van der Waals surface area contributed by atoms with Crippen LogP contribution in [0.25, 0.3) is 5.65 Å². The third-order valence-electron chi connectivity index (χ3n) is 4.72. The summed E-state index contributed by atoms with van der Waals surface area (Å²) in [5, 5.41) is 0.321. The van der Waals surface area contributed by atoms with Crippen molar-refractivity contribution in [1.29, 1.82) is 0 Å². The van der Waals surface area contributed by atoms with E-state index in [4.69, 9.17) is 4.74 Å². The van der Waals surface area contributed by atoms with E-state index in [1.165, 1.54) is 0 Å². The number of aromatic nitrogens is 2. The minimum absolute atomic E-state index is 0.0438. The Hall–Kier alpha value is -1.44. The molecule has 0 amide bonds. The molecule has 23 heavy (non-hydrogen) atoms. The molecule has 0 radical (unpaired) electrons. The molecule has 2 fully saturated rings. The van der Waals surface area contributed by atoms with Crippen molar-refractivity contribution in [3.05, 3.63) is 29.6 Å². The van der Waals surface area contributed by atoms with Gasteiger partial charge in [-0.1, -0.05) is 19.9 Å². The summed E-state index contributed by atoms with van der Waals surface area (Å²) in [5.74, 6) is 0.0438. The van der Waals surface area contributed by atoms with Crippen LogP contribution in [0, 0.1) is 12.3 Å². The molecule has 0 saturated carbocycles. The highest BCUT2D eigenvalue weighted by atomic mass is 32.2. The Morgan fingerprint density at radius 2 is 1.96 bits per heavy atom. The van der Waals surface area contributed by atoms with E-state index in [9.17, 15) is 8.42 Å². The van der Waals surface area contributed by atoms with E-state index in [0.29, 0.717) is 42.7 Å². The first-order valence-corrected chi connectivity index (χ1v) is 9.33. The predicted octanol–water partition coefficient (Wildman–Crippen LogP) is 1.79. The Morgan fingerprint density at radius 1 is 1.26 bits per heavy atom. The highest BCUT2D eigenvalue weighted by Crippen LogP contribution is 2.41. The van der Waals surface area contributed by atoms with E-state index >= 15 is 0 Å². The van der Waals surface area contributed by atoms with Gasteiger partial charge >= 0.3 is 0 Å². The minimum Gasteiger partial charge on any atom is -0.380 e. The smallest absolute Gasteiger partial charge is 0.261 e. The quantitative estimate of drug-likeness (QED) is 0.858. The van der Waals surface area contributed by atoms with Gasteiger partial charge in [-0.05, 0) is 24.5 Å². The number of aryl methyl sites for hydroxylation is 1. The molecule has 0 N–H and O–H groups in total. The third kappa shape index (κ3) is 2.14. The summed E-state index contributed by atoms with van der Waals surface area (Å²) in [5.41, 5.74) is 2.39. The summed E-state index contributed by atoms with van der Waals surface area (Å²) in [6, 6.07) is 3.82. The standard InChI is InChI=1S/C16H21N3O3S/c1-11(2)14-15(19-6-12(3)4-5-13(19)17-14)23(20,21)18-7-16(8-18)9-22-10-16/h4-6,11H,7-10H2,1-3H3. The zero-order chi connectivity index (χ0) is 16.4. The van der Waals surface area contributed by atoms with Crippen molar-refractivity contribution in [2.45, 2.75) is 31.7 Å². The fourth-order valence-corrected chi connectivity index (χ4v) is 5.42. The van der Waals surface area contributed by atoms with Crippen LogP contribution in [0.5, 0.6) is 0 Å². The summed E-state index contributed by atoms with van der Waals surface area (Å²) in [6.07, 6.45) is 1.85. The topological polar surface area (TPSA) is 63.9 Å². The molecule has 2 saturated heterocycles. The second kappa shape index (κ2) is 4.78. The summed E-state index contributed by atoms with van der Waals surface area (Å²) in [4.78, 5) is 4.56. The van der Waals surface area contributed by atoms with Crippen LogP contribution in [-0.4, -0.2) is 48.4 Å². The van der Waals surface area contributed by atoms with Gasteiger partial charge in [-0.25, -0.2) is 13.4 Å². The van der Waals surface area contributed by atoms with Crippen LogP contribution in [0.4, 0.5) is 0 Å². The molecule has 124 valence electrons. The van der Waals surface area contributed by atoms with Crippen molar-refractivity contribution in [3.63, 3.8) is 0 Å². The van der Waals surface area contributed by atoms with Crippen molar-refractivity contribution in [2.75, 3.05) is 26.3 Å². The minimum atomic E-state index is -3.55. The van der Waals surface area contributed by atoms with Crippen molar-refractivity contribution >= 4 is 15.7 Å². The molecule has 7 heteroatoms. The monoisotopic (exact) mass is 335 g/mol. The average molecular weight is 335 g/mol. The molecule has 0 bridgehead atoms. The summed E-state index contributed by atoms with van der Waals surface area (Å²) in [7, 11) is -3.55. The van der Waals surface area contributed by atoms with E-state index in [2.05, 4.69) is 4.98 Å². The van der Waals surface area contributed by atoms with Crippen molar-refractivity contribution < 1.29 is 13.2 Å². The third-order valence-corrected chi connectivity index (χ3v) is 6.55. The molecule has 4 heterocycles. The molecular formula is C16H21N3O3S. The molecule has 2 aliphatic rings. The van der Waals surface area contributed by atoms with E-state index in [1.54, 1.807) is 8.71 Å². The van der Waals surface area contributed by atoms with E-state index < -0.39 is 10.0 Å². The number of hydrogen-bond acceptors (Lipinski definition) is 4. The molecule has 4 rings (SSSR count). The van der Waals surface area contributed by atoms with Crippen LogP contribution in [0.3, 0.4) is 0 Å². The lowest BCUT2D eigenvalue weighted by atomic mass is 9.80. The molecule has 2 aromatic heterocycles. The van der Waals surface area contributed by atoms with Gasteiger partial charge in [-0.15, -0.1) is 0 Å². The Kier molecular flexibility index (Phi) is 3.14. The van der Waals surface area contributed by atoms with Gasteiger partial charge in [0.15, 0.2) is 5.03 Å². The first kappa shape index (κ1) is 15.1. The second-order valence-electron chi connectivity index (χ2n) is 7.16. The molecule has 2 aliphatic heterocycles. The number of rotatable bonds is 3. The van der Waals surface area contributed by atoms with Crippen molar-refractivity contribution in [1.82, 2.24) is 13.7 Å². The average Bonchev–Trinajstić information content (AvgIpc) is 2.74. The molecule has 0 aliphatic carbocycles. The Labute approximate surface area is 136 Å². The summed E-state index contributed by atoms with van der Waals surface area (Å²) < 4.78 is 34.9. The molecule has 0 aromatic carbocycles. The van der Waals surface area contributed by atoms with Gasteiger partial charge in [-0.2, -0.15) is 4.31 Å². The molecule has 0 unspecified atom stereocenters. The van der Waals surface area contributed by atoms with Gasteiger partial charge in [0.25, 0.3) is 10.0 Å². The number of pyridine rings is 1. The van der Waals surface area contributed by atoms with Crippen LogP contribution < -0.4 is 0 Å². The van der Waals surface area contributed by atoms with Gasteiger partial charge in [0.05, 0.1) is 18.9 Å². The molecule has 2 aromatic rings. The largest absolute Gasteiger partial charge is 0.380 e. The van der Waals surface area contributed by atoms with Gasteiger partial charge < -0.3 is 4.74 Å². The lowest BCUT2D eigenvalue weighted by Crippen LogP contribution is -2.67. The van der Waals surface area contributed by atoms with E-state index in [1.807, 2.05) is 39.1 Å². The Balaban J connectivity index is 1.83. The molecule has 0 atom stereocenters. The zero-order valence-electron chi connectivity index (χ0n) is 13.6. The van der Waals surface area contributed by atoms with Gasteiger partial charge in [0.2, 0.25) is 0 Å². The SMILES string of the molecule is Cc1ccc2nc(C(C)C)c(S(=O)(=O)N3CC4(COC4)C3)n2c1. The fourth-order valence-electron chi connectivity index (χ4n) is 3.35. The van der Waals surface area contributed by atoms with E-state index in [-0.39, 0.29) is 11.3 Å². The number of hydrogen-bond donors (Lipinski definition) is 0. The maximum absolute atomic E-state index is 13.2. The van der Waals surface area contributed by atoms with Crippen LogP contribution in [0.1, 0.15) is 31.0 Å². The first-order valence-electron chi connectivity index (χ1n) is 7.89. The zero-order valence-corrected chi connectivity index (χ0v) is 14.4. The first-order chi connectivity index (χ1) is 10.8. The van der Waals surface area contributed by atoms with Crippen LogP contribution in [0.2, 0.25) is 0 Å². The van der Waals surface area contributed by atoms with Gasteiger partial charge in [0, 0.05) is 24.7 Å². The van der Waals surface area contributed by atoms with Crippen molar-refractivity contribution in [2.24, 2.45) is 5.41 Å². The van der Waals surface area contributed by atoms with Gasteiger partial charge in [0.1, 0.15) is 5.65 Å². The molecule has 6 nitrogen and oxygen atoms in total.